The first-order chi connectivity index (χ1) is 9.24. The van der Waals surface area contributed by atoms with Gasteiger partial charge in [-0.2, -0.15) is 26.3 Å². The van der Waals surface area contributed by atoms with Gasteiger partial charge in [-0.1, -0.05) is 26.9 Å². The van der Waals surface area contributed by atoms with Crippen LogP contribution in [0.3, 0.4) is 0 Å². The van der Waals surface area contributed by atoms with Crippen LogP contribution in [0, 0.1) is 0 Å². The van der Waals surface area contributed by atoms with Crippen molar-refractivity contribution < 1.29 is 26.3 Å². The van der Waals surface area contributed by atoms with Gasteiger partial charge in [0.15, 0.2) is 0 Å². The van der Waals surface area contributed by atoms with E-state index in [9.17, 15) is 26.3 Å². The van der Waals surface area contributed by atoms with Crippen molar-refractivity contribution in [2.75, 3.05) is 0 Å². The van der Waals surface area contributed by atoms with E-state index < -0.39 is 41.7 Å². The third-order valence-electron chi connectivity index (χ3n) is 4.08. The van der Waals surface area contributed by atoms with Crippen LogP contribution in [0.1, 0.15) is 26.7 Å². The Morgan fingerprint density at radius 2 is 1.00 bits per heavy atom. The van der Waals surface area contributed by atoms with Gasteiger partial charge in [-0.15, -0.1) is 0 Å². The Balaban J connectivity index is 4.79. The second-order valence-electron chi connectivity index (χ2n) is 6.18. The monoisotopic (exact) mass is 353 g/mol. The van der Waals surface area contributed by atoms with Gasteiger partial charge in [0.05, 0.1) is 0 Å². The number of rotatable bonds is 8. The summed E-state index contributed by atoms with van der Waals surface area (Å²) in [5, 5.41) is 0. The van der Waals surface area contributed by atoms with Gasteiger partial charge < -0.3 is 4.65 Å². The largest absolute Gasteiger partial charge is 0.388 e. The first kappa shape index (κ1) is 21.0. The Labute approximate surface area is 124 Å². The molecule has 0 aromatic heterocycles. The second-order valence-corrected chi connectivity index (χ2v) is 15.8. The molecule has 1 nitrogen and oxygen atoms in total. The first-order valence-corrected chi connectivity index (χ1v) is 13.0. The maximum Gasteiger partial charge on any atom is 0.388 e. The molecule has 0 spiro atoms. The summed E-state index contributed by atoms with van der Waals surface area (Å²) in [5.74, 6) is 0. The van der Waals surface area contributed by atoms with Crippen molar-refractivity contribution in [3.63, 3.8) is 0 Å². The van der Waals surface area contributed by atoms with Crippen molar-refractivity contribution in [1.29, 1.82) is 0 Å². The van der Waals surface area contributed by atoms with Crippen LogP contribution in [0.2, 0.25) is 37.3 Å². The average molecular weight is 353 g/mol. The molecule has 128 valence electrons. The van der Waals surface area contributed by atoms with E-state index in [1.807, 2.05) is 26.9 Å². The van der Waals surface area contributed by atoms with Gasteiger partial charge in [0.1, 0.15) is 16.5 Å². The molecule has 0 bridgehead atoms. The van der Waals surface area contributed by atoms with Gasteiger partial charge in [-0.25, -0.2) is 0 Å². The molecule has 0 aliphatic carbocycles. The van der Waals surface area contributed by atoms with E-state index in [-0.39, 0.29) is 12.1 Å². The lowest BCUT2D eigenvalue weighted by Crippen LogP contribution is -2.61. The molecule has 0 radical (unpaired) electrons. The van der Waals surface area contributed by atoms with Crippen LogP contribution in [0.15, 0.2) is 0 Å². The summed E-state index contributed by atoms with van der Waals surface area (Å²) in [4.78, 5) is 0. The standard InChI is InChI=1S/C12H25F6NSi2/c1-5-20(3,9-7-11(13,14)15)19-21(4,6-2)10-8-12(16,17)18/h19H,5-10H2,1-4H3. The van der Waals surface area contributed by atoms with E-state index >= 15 is 0 Å². The predicted molar refractivity (Wildman–Crippen MR) is 78.3 cm³/mol. The molecule has 21 heavy (non-hydrogen) atoms. The third kappa shape index (κ3) is 9.56. The van der Waals surface area contributed by atoms with E-state index in [0.29, 0.717) is 12.1 Å². The van der Waals surface area contributed by atoms with E-state index in [0.717, 1.165) is 0 Å². The van der Waals surface area contributed by atoms with Gasteiger partial charge in [0, 0.05) is 12.8 Å². The van der Waals surface area contributed by atoms with Crippen molar-refractivity contribution in [1.82, 2.24) is 4.65 Å². The zero-order valence-corrected chi connectivity index (χ0v) is 15.0. The molecular formula is C12H25F6NSi2. The molecular weight excluding hydrogens is 328 g/mol. The molecule has 0 aromatic rings. The maximum atomic E-state index is 12.4. The quantitative estimate of drug-likeness (QED) is 0.438. The summed E-state index contributed by atoms with van der Waals surface area (Å²) in [7, 11) is -4.72. The average Bonchev–Trinajstić information content (AvgIpc) is 2.33. The zero-order valence-electron chi connectivity index (χ0n) is 13.0. The minimum Gasteiger partial charge on any atom is -0.359 e. The lowest BCUT2D eigenvalue weighted by molar-refractivity contribution is -0.131. The van der Waals surface area contributed by atoms with Gasteiger partial charge in [0.25, 0.3) is 0 Å². The normalized spacial score (nSPS) is 19.1. The predicted octanol–water partition coefficient (Wildman–Crippen LogP) is 5.67. The van der Waals surface area contributed by atoms with Crippen LogP contribution in [-0.2, 0) is 0 Å². The molecule has 0 saturated carbocycles. The number of hydrogen-bond donors (Lipinski definition) is 1. The van der Waals surface area contributed by atoms with Gasteiger partial charge in [-0.05, 0) is 24.2 Å². The molecule has 2 atom stereocenters. The fourth-order valence-electron chi connectivity index (χ4n) is 2.22. The van der Waals surface area contributed by atoms with Crippen molar-refractivity contribution in [2.24, 2.45) is 0 Å². The highest BCUT2D eigenvalue weighted by molar-refractivity contribution is 6.92. The van der Waals surface area contributed by atoms with Crippen LogP contribution in [0.4, 0.5) is 26.3 Å². The Hall–Kier alpha value is -0.0262. The molecule has 0 aromatic carbocycles. The Morgan fingerprint density at radius 1 is 0.714 bits per heavy atom. The van der Waals surface area contributed by atoms with Gasteiger partial charge in [0.2, 0.25) is 0 Å². The van der Waals surface area contributed by atoms with E-state index in [1.54, 1.807) is 0 Å². The number of alkyl halides is 6. The third-order valence-corrected chi connectivity index (χ3v) is 14.7. The highest BCUT2D eigenvalue weighted by Crippen LogP contribution is 2.31. The molecule has 2 unspecified atom stereocenters. The van der Waals surface area contributed by atoms with Crippen molar-refractivity contribution >= 4 is 16.5 Å². The molecule has 0 rings (SSSR count). The Bertz CT molecular complexity index is 290. The van der Waals surface area contributed by atoms with Crippen LogP contribution in [-0.4, -0.2) is 28.8 Å². The fraction of sp³-hybridized carbons (Fsp3) is 1.00. The van der Waals surface area contributed by atoms with E-state index in [2.05, 4.69) is 4.65 Å². The van der Waals surface area contributed by atoms with Crippen molar-refractivity contribution in [3.8, 4) is 0 Å². The summed E-state index contributed by atoms with van der Waals surface area (Å²) in [6.45, 7) is 7.27. The van der Waals surface area contributed by atoms with Gasteiger partial charge in [-0.3, -0.25) is 0 Å². The second kappa shape index (κ2) is 7.50. The highest BCUT2D eigenvalue weighted by atomic mass is 28.4. The molecule has 0 amide bonds. The summed E-state index contributed by atoms with van der Waals surface area (Å²) in [5.41, 5.74) is 0. The maximum absolute atomic E-state index is 12.4. The van der Waals surface area contributed by atoms with Crippen molar-refractivity contribution in [3.05, 3.63) is 0 Å². The number of nitrogens with one attached hydrogen (secondary N) is 1. The minimum absolute atomic E-state index is 0.0294. The molecule has 9 heteroatoms. The fourth-order valence-corrected chi connectivity index (χ4v) is 12.8. The van der Waals surface area contributed by atoms with Crippen LogP contribution < -0.4 is 4.65 Å². The Kier molecular flexibility index (Phi) is 7.49. The molecule has 0 heterocycles. The molecule has 0 aliphatic heterocycles. The number of hydrogen-bond acceptors (Lipinski definition) is 1. The topological polar surface area (TPSA) is 12.0 Å². The minimum atomic E-state index is -4.21. The lowest BCUT2D eigenvalue weighted by Gasteiger charge is -2.39. The Morgan fingerprint density at radius 3 is 1.19 bits per heavy atom. The van der Waals surface area contributed by atoms with Crippen LogP contribution in [0.25, 0.3) is 0 Å². The van der Waals surface area contributed by atoms with Crippen LogP contribution >= 0.6 is 0 Å². The van der Waals surface area contributed by atoms with Gasteiger partial charge >= 0.3 is 12.4 Å². The summed E-state index contributed by atoms with van der Waals surface area (Å²) < 4.78 is 77.7. The summed E-state index contributed by atoms with van der Waals surface area (Å²) in [6.07, 6.45) is -10.1. The van der Waals surface area contributed by atoms with E-state index in [1.165, 1.54) is 0 Å². The molecule has 0 aliphatic rings. The number of halogens is 6. The summed E-state index contributed by atoms with van der Waals surface area (Å²) >= 11 is 0. The molecule has 0 fully saturated rings. The SMILES string of the molecule is CC[Si](C)(CCC(F)(F)F)N[Si](C)(CC)CCC(F)(F)F. The van der Waals surface area contributed by atoms with E-state index in [4.69, 9.17) is 0 Å². The lowest BCUT2D eigenvalue weighted by atomic mass is 10.5. The zero-order chi connectivity index (χ0) is 16.9. The molecule has 1 N–H and O–H groups in total. The first-order valence-electron chi connectivity index (χ1n) is 7.17. The van der Waals surface area contributed by atoms with Crippen molar-refractivity contribution in [2.45, 2.75) is 76.3 Å². The smallest absolute Gasteiger partial charge is 0.359 e. The summed E-state index contributed by atoms with van der Waals surface area (Å²) in [6, 6.07) is 1.25. The van der Waals surface area contributed by atoms with Crippen LogP contribution in [0.5, 0.6) is 0 Å². The highest BCUT2D eigenvalue weighted by Gasteiger charge is 2.40. The molecule has 0 saturated heterocycles.